The molecule has 0 spiro atoms. The molecule has 1 aromatic carbocycles. The summed E-state index contributed by atoms with van der Waals surface area (Å²) in [5, 5.41) is 14.8. The fraction of sp³-hybridized carbons (Fsp3) is 0.467. The topological polar surface area (TPSA) is 87.7 Å². The number of fused-ring (bicyclic) bond motifs is 1. The third-order valence-electron chi connectivity index (χ3n) is 3.19. The van der Waals surface area contributed by atoms with Gasteiger partial charge in [-0.1, -0.05) is 13.8 Å². The van der Waals surface area contributed by atoms with Crippen molar-refractivity contribution in [2.24, 2.45) is 5.92 Å². The maximum atomic E-state index is 12.2. The molecule has 1 atom stereocenters. The van der Waals surface area contributed by atoms with E-state index in [1.165, 1.54) is 0 Å². The maximum Gasteiger partial charge on any atom is 0.262 e. The van der Waals surface area contributed by atoms with Gasteiger partial charge >= 0.3 is 0 Å². The number of rotatable bonds is 5. The van der Waals surface area contributed by atoms with Gasteiger partial charge in [0.25, 0.3) is 11.8 Å². The number of amides is 2. The monoisotopic (exact) mass is 292 g/mol. The van der Waals surface area contributed by atoms with Crippen LogP contribution in [0.15, 0.2) is 18.2 Å². The predicted octanol–water partition coefficient (Wildman–Crippen LogP) is 1.15. The van der Waals surface area contributed by atoms with Crippen molar-refractivity contribution in [3.63, 3.8) is 0 Å². The Kier molecular flexibility index (Phi) is 4.80. The smallest absolute Gasteiger partial charge is 0.262 e. The zero-order valence-electron chi connectivity index (χ0n) is 12.2. The summed E-state index contributed by atoms with van der Waals surface area (Å²) in [5.41, 5.74) is 0.907. The second-order valence-corrected chi connectivity index (χ2v) is 5.53. The molecule has 1 aliphatic heterocycles. The lowest BCUT2D eigenvalue weighted by molar-refractivity contribution is -0.118. The second-order valence-electron chi connectivity index (χ2n) is 5.53. The van der Waals surface area contributed by atoms with E-state index < -0.39 is 0 Å². The van der Waals surface area contributed by atoms with E-state index in [-0.39, 0.29) is 31.1 Å². The van der Waals surface area contributed by atoms with Crippen LogP contribution >= 0.6 is 0 Å². The van der Waals surface area contributed by atoms with E-state index in [9.17, 15) is 14.7 Å². The van der Waals surface area contributed by atoms with Crippen molar-refractivity contribution in [1.82, 2.24) is 5.32 Å². The van der Waals surface area contributed by atoms with Crippen LogP contribution < -0.4 is 15.4 Å². The first-order valence-electron chi connectivity index (χ1n) is 6.98. The van der Waals surface area contributed by atoms with Gasteiger partial charge in [-0.15, -0.1) is 0 Å². The Bertz CT molecular complexity index is 542. The molecule has 2 rings (SSSR count). The highest BCUT2D eigenvalue weighted by Crippen LogP contribution is 2.28. The molecule has 1 unspecified atom stereocenters. The molecule has 1 heterocycles. The number of hydrogen-bond acceptors (Lipinski definition) is 4. The van der Waals surface area contributed by atoms with Crippen LogP contribution in [-0.4, -0.2) is 36.2 Å². The van der Waals surface area contributed by atoms with Gasteiger partial charge in [0.2, 0.25) is 0 Å². The highest BCUT2D eigenvalue weighted by atomic mass is 16.5. The molecule has 0 aromatic heterocycles. The average molecular weight is 292 g/mol. The zero-order chi connectivity index (χ0) is 15.4. The molecule has 1 aromatic rings. The van der Waals surface area contributed by atoms with E-state index in [0.29, 0.717) is 29.3 Å². The molecular formula is C15H20N2O4. The molecule has 114 valence electrons. The van der Waals surface area contributed by atoms with Gasteiger partial charge in [0.15, 0.2) is 6.61 Å². The van der Waals surface area contributed by atoms with Gasteiger partial charge in [-0.2, -0.15) is 0 Å². The Hall–Kier alpha value is -2.08. The number of carbonyl (C=O) groups is 2. The summed E-state index contributed by atoms with van der Waals surface area (Å²) in [6.07, 6.45) is 0.701. The van der Waals surface area contributed by atoms with Crippen molar-refractivity contribution >= 4 is 17.5 Å². The molecule has 0 saturated carbocycles. The Morgan fingerprint density at radius 3 is 2.90 bits per heavy atom. The van der Waals surface area contributed by atoms with Gasteiger partial charge in [-0.05, 0) is 30.5 Å². The molecule has 6 nitrogen and oxygen atoms in total. The van der Waals surface area contributed by atoms with Crippen LogP contribution in [0.25, 0.3) is 0 Å². The molecule has 0 bridgehead atoms. The summed E-state index contributed by atoms with van der Waals surface area (Å²) < 4.78 is 5.24. The van der Waals surface area contributed by atoms with Crippen LogP contribution in [0.4, 0.5) is 5.69 Å². The van der Waals surface area contributed by atoms with Crippen LogP contribution in [0.3, 0.4) is 0 Å². The quantitative estimate of drug-likeness (QED) is 0.760. The number of aliphatic hydroxyl groups is 1. The summed E-state index contributed by atoms with van der Waals surface area (Å²) in [5.74, 6) is 0.399. The van der Waals surface area contributed by atoms with E-state index in [1.54, 1.807) is 18.2 Å². The molecule has 0 saturated heterocycles. The Morgan fingerprint density at radius 1 is 1.48 bits per heavy atom. The zero-order valence-corrected chi connectivity index (χ0v) is 12.2. The van der Waals surface area contributed by atoms with E-state index >= 15 is 0 Å². The van der Waals surface area contributed by atoms with Crippen molar-refractivity contribution in [1.29, 1.82) is 0 Å². The largest absolute Gasteiger partial charge is 0.482 e. The number of hydrogen-bond donors (Lipinski definition) is 3. The normalized spacial score (nSPS) is 15.0. The van der Waals surface area contributed by atoms with Gasteiger partial charge in [0.1, 0.15) is 5.75 Å². The first-order valence-corrected chi connectivity index (χ1v) is 6.98. The highest BCUT2D eigenvalue weighted by molar-refractivity contribution is 5.99. The van der Waals surface area contributed by atoms with Crippen LogP contribution in [0, 0.1) is 5.92 Å². The molecule has 0 fully saturated rings. The molecular weight excluding hydrogens is 272 g/mol. The number of aliphatic hydroxyl groups excluding tert-OH is 1. The number of benzene rings is 1. The van der Waals surface area contributed by atoms with Crippen molar-refractivity contribution in [2.75, 3.05) is 18.5 Å². The Morgan fingerprint density at radius 2 is 2.24 bits per heavy atom. The summed E-state index contributed by atoms with van der Waals surface area (Å²) in [7, 11) is 0. The minimum absolute atomic E-state index is 0.0144. The summed E-state index contributed by atoms with van der Waals surface area (Å²) in [6.45, 7) is 3.94. The third kappa shape index (κ3) is 3.95. The Labute approximate surface area is 123 Å². The summed E-state index contributed by atoms with van der Waals surface area (Å²) in [4.78, 5) is 23.5. The lowest BCUT2D eigenvalue weighted by Crippen LogP contribution is -2.38. The number of nitrogens with one attached hydrogen (secondary N) is 2. The SMILES string of the molecule is CC(C)CC(CO)NC(=O)c1ccc2c(c1)NC(=O)CO2. The molecule has 1 aliphatic rings. The molecule has 21 heavy (non-hydrogen) atoms. The standard InChI is InChI=1S/C15H20N2O4/c1-9(2)5-11(7-18)16-15(20)10-3-4-13-12(6-10)17-14(19)8-21-13/h3-4,6,9,11,18H,5,7-8H2,1-2H3,(H,16,20)(H,17,19). The first-order chi connectivity index (χ1) is 9.99. The predicted molar refractivity (Wildman–Crippen MR) is 78.4 cm³/mol. The van der Waals surface area contributed by atoms with Crippen molar-refractivity contribution in [3.05, 3.63) is 23.8 Å². The van der Waals surface area contributed by atoms with E-state index in [2.05, 4.69) is 10.6 Å². The average Bonchev–Trinajstić information content (AvgIpc) is 2.45. The van der Waals surface area contributed by atoms with Crippen LogP contribution in [0.1, 0.15) is 30.6 Å². The van der Waals surface area contributed by atoms with Crippen LogP contribution in [-0.2, 0) is 4.79 Å². The Balaban J connectivity index is 2.09. The van der Waals surface area contributed by atoms with Crippen LogP contribution in [0.5, 0.6) is 5.75 Å². The van der Waals surface area contributed by atoms with Gasteiger partial charge in [0, 0.05) is 5.56 Å². The van der Waals surface area contributed by atoms with E-state index in [1.807, 2.05) is 13.8 Å². The van der Waals surface area contributed by atoms with Crippen molar-refractivity contribution in [3.8, 4) is 5.75 Å². The fourth-order valence-corrected chi connectivity index (χ4v) is 2.24. The minimum atomic E-state index is -0.280. The van der Waals surface area contributed by atoms with Gasteiger partial charge < -0.3 is 20.5 Å². The number of carbonyl (C=O) groups excluding carboxylic acids is 2. The second kappa shape index (κ2) is 6.58. The molecule has 0 aliphatic carbocycles. The summed E-state index contributed by atoms with van der Waals surface area (Å²) in [6, 6.07) is 4.58. The minimum Gasteiger partial charge on any atom is -0.482 e. The lowest BCUT2D eigenvalue weighted by Gasteiger charge is -2.20. The number of ether oxygens (including phenoxy) is 1. The molecule has 6 heteroatoms. The lowest BCUT2D eigenvalue weighted by atomic mass is 10.0. The van der Waals surface area contributed by atoms with Gasteiger partial charge in [0.05, 0.1) is 18.3 Å². The molecule has 2 amide bonds. The first kappa shape index (κ1) is 15.3. The van der Waals surface area contributed by atoms with E-state index in [0.717, 1.165) is 0 Å². The van der Waals surface area contributed by atoms with Crippen LogP contribution in [0.2, 0.25) is 0 Å². The van der Waals surface area contributed by atoms with Gasteiger partial charge in [-0.25, -0.2) is 0 Å². The van der Waals surface area contributed by atoms with Crippen molar-refractivity contribution in [2.45, 2.75) is 26.3 Å². The van der Waals surface area contributed by atoms with Crippen molar-refractivity contribution < 1.29 is 19.4 Å². The fourth-order valence-electron chi connectivity index (χ4n) is 2.24. The number of anilines is 1. The molecule has 0 radical (unpaired) electrons. The summed E-state index contributed by atoms with van der Waals surface area (Å²) >= 11 is 0. The van der Waals surface area contributed by atoms with Gasteiger partial charge in [-0.3, -0.25) is 9.59 Å². The highest BCUT2D eigenvalue weighted by Gasteiger charge is 2.19. The molecule has 3 N–H and O–H groups in total. The maximum absolute atomic E-state index is 12.2. The third-order valence-corrected chi connectivity index (χ3v) is 3.19. The van der Waals surface area contributed by atoms with E-state index in [4.69, 9.17) is 4.74 Å².